The number of amides is 2. The highest BCUT2D eigenvalue weighted by molar-refractivity contribution is 6.05. The highest BCUT2D eigenvalue weighted by Crippen LogP contribution is 2.35. The first kappa shape index (κ1) is 22.6. The first-order valence-corrected chi connectivity index (χ1v) is 12.4. The Morgan fingerprint density at radius 3 is 2.47 bits per heavy atom. The maximum absolute atomic E-state index is 14.4. The Labute approximate surface area is 201 Å². The van der Waals surface area contributed by atoms with Gasteiger partial charge in [0.15, 0.2) is 5.76 Å². The van der Waals surface area contributed by atoms with Crippen LogP contribution in [0.4, 0.5) is 0 Å². The summed E-state index contributed by atoms with van der Waals surface area (Å²) in [5, 5.41) is 0. The van der Waals surface area contributed by atoms with Crippen LogP contribution in [0, 0.1) is 6.92 Å². The SMILES string of the molecule is Cc1ccc(CN2CCc3ccccc3C2C(=O)N(C(=O)c2ccco2)C2CCCCC2)cc1. The van der Waals surface area contributed by atoms with Gasteiger partial charge in [0.05, 0.1) is 6.26 Å². The minimum atomic E-state index is -0.493. The molecule has 3 aromatic rings. The van der Waals surface area contributed by atoms with Crippen molar-refractivity contribution in [2.24, 2.45) is 0 Å². The summed E-state index contributed by atoms with van der Waals surface area (Å²) in [6, 6.07) is 19.4. The van der Waals surface area contributed by atoms with Gasteiger partial charge in [-0.3, -0.25) is 19.4 Å². The maximum atomic E-state index is 14.4. The number of imide groups is 1. The standard InChI is InChI=1S/C29H32N2O3/c1-21-13-15-22(16-14-21)20-30-18-17-23-8-5-6-11-25(23)27(30)29(33)31(24-9-3-2-4-10-24)28(32)26-12-7-19-34-26/h5-8,11-16,19,24,27H,2-4,9-10,17-18,20H2,1H3. The van der Waals surface area contributed by atoms with E-state index in [-0.39, 0.29) is 23.6 Å². The number of nitrogens with zero attached hydrogens (tertiary/aromatic N) is 2. The van der Waals surface area contributed by atoms with Crippen LogP contribution in [-0.4, -0.2) is 34.2 Å². The van der Waals surface area contributed by atoms with E-state index in [0.717, 1.165) is 50.6 Å². The summed E-state index contributed by atoms with van der Waals surface area (Å²) in [5.41, 5.74) is 4.59. The third-order valence-electron chi connectivity index (χ3n) is 7.25. The Morgan fingerprint density at radius 1 is 0.971 bits per heavy atom. The minimum Gasteiger partial charge on any atom is -0.459 e. The average Bonchev–Trinajstić information content (AvgIpc) is 3.41. The Kier molecular flexibility index (Phi) is 6.63. The van der Waals surface area contributed by atoms with Crippen LogP contribution in [0.1, 0.15) is 71.0 Å². The van der Waals surface area contributed by atoms with Gasteiger partial charge in [0, 0.05) is 19.1 Å². The van der Waals surface area contributed by atoms with Crippen molar-refractivity contribution in [1.82, 2.24) is 9.80 Å². The number of aryl methyl sites for hydroxylation is 1. The molecule has 0 spiro atoms. The number of carbonyl (C=O) groups excluding carboxylic acids is 2. The molecule has 1 unspecified atom stereocenters. The van der Waals surface area contributed by atoms with E-state index in [4.69, 9.17) is 4.42 Å². The molecule has 2 amide bonds. The van der Waals surface area contributed by atoms with Crippen molar-refractivity contribution in [2.45, 2.75) is 64.1 Å². The molecule has 1 aromatic heterocycles. The van der Waals surface area contributed by atoms with E-state index in [2.05, 4.69) is 48.2 Å². The van der Waals surface area contributed by atoms with Crippen molar-refractivity contribution in [3.63, 3.8) is 0 Å². The number of furan rings is 1. The quantitative estimate of drug-likeness (QED) is 0.463. The number of rotatable bonds is 5. The molecule has 0 N–H and O–H groups in total. The van der Waals surface area contributed by atoms with Crippen molar-refractivity contribution in [3.05, 3.63) is 94.9 Å². The molecule has 1 saturated carbocycles. The van der Waals surface area contributed by atoms with Crippen LogP contribution in [-0.2, 0) is 17.8 Å². The van der Waals surface area contributed by atoms with Gasteiger partial charge in [0.25, 0.3) is 11.8 Å². The van der Waals surface area contributed by atoms with Gasteiger partial charge in [-0.1, -0.05) is 73.4 Å². The van der Waals surface area contributed by atoms with Crippen molar-refractivity contribution in [3.8, 4) is 0 Å². The van der Waals surface area contributed by atoms with Crippen molar-refractivity contribution in [1.29, 1.82) is 0 Å². The van der Waals surface area contributed by atoms with E-state index >= 15 is 0 Å². The largest absolute Gasteiger partial charge is 0.459 e. The molecule has 0 radical (unpaired) electrons. The van der Waals surface area contributed by atoms with Gasteiger partial charge in [-0.05, 0) is 55.0 Å². The summed E-state index contributed by atoms with van der Waals surface area (Å²) in [5.74, 6) is -0.221. The third kappa shape index (κ3) is 4.58. The van der Waals surface area contributed by atoms with E-state index in [9.17, 15) is 9.59 Å². The van der Waals surface area contributed by atoms with E-state index in [0.29, 0.717) is 6.54 Å². The van der Waals surface area contributed by atoms with Gasteiger partial charge >= 0.3 is 0 Å². The predicted molar refractivity (Wildman–Crippen MR) is 131 cm³/mol. The second kappa shape index (κ2) is 9.98. The third-order valence-corrected chi connectivity index (χ3v) is 7.25. The number of hydrogen-bond acceptors (Lipinski definition) is 4. The summed E-state index contributed by atoms with van der Waals surface area (Å²) < 4.78 is 5.45. The van der Waals surface area contributed by atoms with Gasteiger partial charge in [0.1, 0.15) is 6.04 Å². The zero-order valence-corrected chi connectivity index (χ0v) is 19.8. The van der Waals surface area contributed by atoms with Gasteiger partial charge in [0.2, 0.25) is 0 Å². The summed E-state index contributed by atoms with van der Waals surface area (Å²) >= 11 is 0. The first-order valence-electron chi connectivity index (χ1n) is 12.4. The Morgan fingerprint density at radius 2 is 1.74 bits per heavy atom. The number of fused-ring (bicyclic) bond motifs is 1. The predicted octanol–water partition coefficient (Wildman–Crippen LogP) is 5.69. The highest BCUT2D eigenvalue weighted by atomic mass is 16.3. The van der Waals surface area contributed by atoms with Crippen molar-refractivity contribution >= 4 is 11.8 Å². The molecular formula is C29H32N2O3. The van der Waals surface area contributed by atoms with Gasteiger partial charge in [-0.15, -0.1) is 0 Å². The fourth-order valence-corrected chi connectivity index (χ4v) is 5.44. The normalized spacial score (nSPS) is 18.9. The lowest BCUT2D eigenvalue weighted by atomic mass is 9.89. The summed E-state index contributed by atoms with van der Waals surface area (Å²) in [4.78, 5) is 31.7. The summed E-state index contributed by atoms with van der Waals surface area (Å²) in [7, 11) is 0. The van der Waals surface area contributed by atoms with Gasteiger partial charge in [-0.25, -0.2) is 0 Å². The van der Waals surface area contributed by atoms with Crippen LogP contribution in [0.15, 0.2) is 71.3 Å². The smallest absolute Gasteiger partial charge is 0.296 e. The summed E-state index contributed by atoms with van der Waals surface area (Å²) in [6.07, 6.45) is 7.31. The second-order valence-corrected chi connectivity index (χ2v) is 9.59. The van der Waals surface area contributed by atoms with Crippen LogP contribution in [0.5, 0.6) is 0 Å². The average molecular weight is 457 g/mol. The number of benzene rings is 2. The zero-order chi connectivity index (χ0) is 23.5. The molecule has 2 aliphatic rings. The van der Waals surface area contributed by atoms with Crippen LogP contribution in [0.3, 0.4) is 0 Å². The molecule has 2 heterocycles. The number of carbonyl (C=O) groups is 2. The monoisotopic (exact) mass is 456 g/mol. The molecule has 1 aliphatic heterocycles. The molecule has 0 saturated heterocycles. The molecule has 0 bridgehead atoms. The minimum absolute atomic E-state index is 0.0887. The molecule has 176 valence electrons. The van der Waals surface area contributed by atoms with Crippen molar-refractivity contribution in [2.75, 3.05) is 6.54 Å². The van der Waals surface area contributed by atoms with E-state index < -0.39 is 6.04 Å². The Bertz CT molecular complexity index is 1130. The Balaban J connectivity index is 1.52. The molecule has 5 heteroatoms. The molecule has 2 aromatic carbocycles. The molecule has 1 atom stereocenters. The molecule has 5 nitrogen and oxygen atoms in total. The Hall–Kier alpha value is -3.18. The maximum Gasteiger partial charge on any atom is 0.296 e. The van der Waals surface area contributed by atoms with Crippen LogP contribution < -0.4 is 0 Å². The molecule has 1 aliphatic carbocycles. The van der Waals surface area contributed by atoms with Crippen molar-refractivity contribution < 1.29 is 14.0 Å². The zero-order valence-electron chi connectivity index (χ0n) is 19.8. The lowest BCUT2D eigenvalue weighted by Crippen LogP contribution is -2.52. The van der Waals surface area contributed by atoms with E-state index in [1.54, 1.807) is 12.1 Å². The molecular weight excluding hydrogens is 424 g/mol. The summed E-state index contributed by atoms with van der Waals surface area (Å²) in [6.45, 7) is 3.52. The van der Waals surface area contributed by atoms with Gasteiger partial charge < -0.3 is 4.42 Å². The lowest BCUT2D eigenvalue weighted by Gasteiger charge is -2.41. The van der Waals surface area contributed by atoms with Crippen LogP contribution in [0.25, 0.3) is 0 Å². The number of hydrogen-bond donors (Lipinski definition) is 0. The van der Waals surface area contributed by atoms with E-state index in [1.807, 2.05) is 12.1 Å². The van der Waals surface area contributed by atoms with Crippen LogP contribution in [0.2, 0.25) is 0 Å². The topological polar surface area (TPSA) is 53.8 Å². The van der Waals surface area contributed by atoms with E-state index in [1.165, 1.54) is 27.9 Å². The fourth-order valence-electron chi connectivity index (χ4n) is 5.44. The molecule has 5 rings (SSSR count). The molecule has 34 heavy (non-hydrogen) atoms. The van der Waals surface area contributed by atoms with Gasteiger partial charge in [-0.2, -0.15) is 0 Å². The lowest BCUT2D eigenvalue weighted by molar-refractivity contribution is -0.138. The van der Waals surface area contributed by atoms with Crippen LogP contribution >= 0.6 is 0 Å². The molecule has 1 fully saturated rings. The second-order valence-electron chi connectivity index (χ2n) is 9.59. The fraction of sp³-hybridized carbons (Fsp3) is 0.379. The highest BCUT2D eigenvalue weighted by Gasteiger charge is 2.41. The first-order chi connectivity index (χ1) is 16.6.